The third-order valence-corrected chi connectivity index (χ3v) is 2.50. The second-order valence-corrected chi connectivity index (χ2v) is 4.18. The van der Waals surface area contributed by atoms with Gasteiger partial charge in [-0.25, -0.2) is 0 Å². The molecule has 0 heterocycles. The normalized spacial score (nSPS) is 10.9. The minimum Gasteiger partial charge on any atom is -0.342 e. The monoisotopic (exact) mass is 225 g/mol. The van der Waals surface area contributed by atoms with E-state index in [2.05, 4.69) is 32.9 Å². The standard InChI is InChI=1S/C14H27NO/c1-4-7-8-9-10-13-15(12-6-3)14(16)11-5-2/h8-9H,4-7,10-13H2,1-3H3/b9-8-. The maximum absolute atomic E-state index is 11.8. The molecule has 0 aliphatic heterocycles. The van der Waals surface area contributed by atoms with Crippen molar-refractivity contribution in [1.82, 2.24) is 4.90 Å². The summed E-state index contributed by atoms with van der Waals surface area (Å²) in [7, 11) is 0. The van der Waals surface area contributed by atoms with Crippen LogP contribution in [-0.4, -0.2) is 23.9 Å². The lowest BCUT2D eigenvalue weighted by atomic mass is 10.2. The molecule has 0 N–H and O–H groups in total. The smallest absolute Gasteiger partial charge is 0.222 e. The summed E-state index contributed by atoms with van der Waals surface area (Å²) in [4.78, 5) is 13.8. The van der Waals surface area contributed by atoms with Crippen molar-refractivity contribution in [3.63, 3.8) is 0 Å². The van der Waals surface area contributed by atoms with Gasteiger partial charge in [-0.1, -0.05) is 39.3 Å². The number of hydrogen-bond acceptors (Lipinski definition) is 1. The van der Waals surface area contributed by atoms with E-state index >= 15 is 0 Å². The molecule has 16 heavy (non-hydrogen) atoms. The summed E-state index contributed by atoms with van der Waals surface area (Å²) in [6.07, 6.45) is 10.5. The molecule has 0 aromatic carbocycles. The highest BCUT2D eigenvalue weighted by Crippen LogP contribution is 2.02. The molecule has 0 unspecified atom stereocenters. The van der Waals surface area contributed by atoms with E-state index in [1.807, 2.05) is 4.90 Å². The number of rotatable bonds is 9. The van der Waals surface area contributed by atoms with E-state index in [1.165, 1.54) is 6.42 Å². The fourth-order valence-electron chi connectivity index (χ4n) is 1.64. The average molecular weight is 225 g/mol. The van der Waals surface area contributed by atoms with Gasteiger partial charge in [0.25, 0.3) is 0 Å². The molecule has 0 atom stereocenters. The highest BCUT2D eigenvalue weighted by atomic mass is 16.2. The number of amides is 1. The van der Waals surface area contributed by atoms with Crippen LogP contribution in [0.25, 0.3) is 0 Å². The van der Waals surface area contributed by atoms with Crippen molar-refractivity contribution in [2.24, 2.45) is 0 Å². The van der Waals surface area contributed by atoms with E-state index in [9.17, 15) is 4.79 Å². The fourth-order valence-corrected chi connectivity index (χ4v) is 1.64. The number of nitrogens with zero attached hydrogens (tertiary/aromatic N) is 1. The second kappa shape index (κ2) is 10.7. The summed E-state index contributed by atoms with van der Waals surface area (Å²) in [5.41, 5.74) is 0. The number of allylic oxidation sites excluding steroid dienone is 1. The largest absolute Gasteiger partial charge is 0.342 e. The molecule has 0 saturated heterocycles. The van der Waals surface area contributed by atoms with Crippen LogP contribution in [0.15, 0.2) is 12.2 Å². The number of carbonyl (C=O) groups is 1. The zero-order valence-corrected chi connectivity index (χ0v) is 11.2. The van der Waals surface area contributed by atoms with Gasteiger partial charge < -0.3 is 4.90 Å². The van der Waals surface area contributed by atoms with Crippen LogP contribution in [0.3, 0.4) is 0 Å². The Hall–Kier alpha value is -0.790. The van der Waals surface area contributed by atoms with Crippen LogP contribution in [-0.2, 0) is 4.79 Å². The lowest BCUT2D eigenvalue weighted by molar-refractivity contribution is -0.131. The fraction of sp³-hybridized carbons (Fsp3) is 0.786. The SMILES string of the molecule is CCC/C=C\CCN(CCC)C(=O)CCC. The summed E-state index contributed by atoms with van der Waals surface area (Å²) < 4.78 is 0. The van der Waals surface area contributed by atoms with E-state index in [1.54, 1.807) is 0 Å². The van der Waals surface area contributed by atoms with Crippen molar-refractivity contribution >= 4 is 5.91 Å². The predicted molar refractivity (Wildman–Crippen MR) is 70.4 cm³/mol. The first-order valence-electron chi connectivity index (χ1n) is 6.68. The molecule has 0 fully saturated rings. The highest BCUT2D eigenvalue weighted by Gasteiger charge is 2.09. The van der Waals surface area contributed by atoms with E-state index < -0.39 is 0 Å². The first-order chi connectivity index (χ1) is 7.76. The Morgan fingerprint density at radius 3 is 2.19 bits per heavy atom. The molecule has 0 aromatic rings. The molecular weight excluding hydrogens is 198 g/mol. The summed E-state index contributed by atoms with van der Waals surface area (Å²) in [6, 6.07) is 0. The van der Waals surface area contributed by atoms with Crippen molar-refractivity contribution in [3.05, 3.63) is 12.2 Å². The molecule has 1 amide bonds. The third-order valence-electron chi connectivity index (χ3n) is 2.50. The summed E-state index contributed by atoms with van der Waals surface area (Å²) in [6.45, 7) is 8.15. The van der Waals surface area contributed by atoms with E-state index in [-0.39, 0.29) is 0 Å². The van der Waals surface area contributed by atoms with Crippen LogP contribution in [0.1, 0.15) is 59.3 Å². The van der Waals surface area contributed by atoms with Crippen LogP contribution in [0.5, 0.6) is 0 Å². The molecule has 0 bridgehead atoms. The number of carbonyl (C=O) groups excluding carboxylic acids is 1. The first kappa shape index (κ1) is 15.2. The minimum absolute atomic E-state index is 0.313. The van der Waals surface area contributed by atoms with Gasteiger partial charge >= 0.3 is 0 Å². The molecule has 0 aliphatic carbocycles. The Bertz CT molecular complexity index is 199. The van der Waals surface area contributed by atoms with Crippen molar-refractivity contribution in [2.75, 3.05) is 13.1 Å². The Morgan fingerprint density at radius 1 is 0.938 bits per heavy atom. The molecule has 0 spiro atoms. The average Bonchev–Trinajstić information content (AvgIpc) is 2.27. The molecule has 0 aliphatic rings. The van der Waals surface area contributed by atoms with Crippen LogP contribution >= 0.6 is 0 Å². The molecule has 0 saturated carbocycles. The van der Waals surface area contributed by atoms with Gasteiger partial charge in [0.1, 0.15) is 0 Å². The Balaban J connectivity index is 3.88. The van der Waals surface area contributed by atoms with Crippen LogP contribution in [0.4, 0.5) is 0 Å². The van der Waals surface area contributed by atoms with Crippen molar-refractivity contribution < 1.29 is 4.79 Å². The Labute approximate surface area is 101 Å². The van der Waals surface area contributed by atoms with E-state index in [0.717, 1.165) is 38.8 Å². The maximum atomic E-state index is 11.8. The third kappa shape index (κ3) is 7.49. The van der Waals surface area contributed by atoms with Gasteiger partial charge in [-0.3, -0.25) is 4.79 Å². The molecule has 0 rings (SSSR count). The lowest BCUT2D eigenvalue weighted by Crippen LogP contribution is -2.32. The molecule has 94 valence electrons. The van der Waals surface area contributed by atoms with Gasteiger partial charge in [0.15, 0.2) is 0 Å². The highest BCUT2D eigenvalue weighted by molar-refractivity contribution is 5.76. The number of hydrogen-bond donors (Lipinski definition) is 0. The van der Waals surface area contributed by atoms with Gasteiger partial charge in [0, 0.05) is 19.5 Å². The van der Waals surface area contributed by atoms with Crippen LogP contribution in [0, 0.1) is 0 Å². The molecule has 2 nitrogen and oxygen atoms in total. The van der Waals surface area contributed by atoms with Gasteiger partial charge in [-0.2, -0.15) is 0 Å². The predicted octanol–water partition coefficient (Wildman–Crippen LogP) is 3.77. The van der Waals surface area contributed by atoms with Crippen molar-refractivity contribution in [3.8, 4) is 0 Å². The number of unbranched alkanes of at least 4 members (excludes halogenated alkanes) is 1. The molecule has 0 aromatic heterocycles. The summed E-state index contributed by atoms with van der Waals surface area (Å²) >= 11 is 0. The molecular formula is C14H27NO. The van der Waals surface area contributed by atoms with Crippen LogP contribution in [0.2, 0.25) is 0 Å². The summed E-state index contributed by atoms with van der Waals surface area (Å²) in [5, 5.41) is 0. The zero-order chi connectivity index (χ0) is 12.2. The molecule has 2 heteroatoms. The summed E-state index contributed by atoms with van der Waals surface area (Å²) in [5.74, 6) is 0.313. The van der Waals surface area contributed by atoms with Crippen LogP contribution < -0.4 is 0 Å². The van der Waals surface area contributed by atoms with Crippen molar-refractivity contribution in [1.29, 1.82) is 0 Å². The zero-order valence-electron chi connectivity index (χ0n) is 11.2. The first-order valence-corrected chi connectivity index (χ1v) is 6.68. The van der Waals surface area contributed by atoms with Gasteiger partial charge in [-0.15, -0.1) is 0 Å². The van der Waals surface area contributed by atoms with Crippen molar-refractivity contribution in [2.45, 2.75) is 59.3 Å². The van der Waals surface area contributed by atoms with Gasteiger partial charge in [0.05, 0.1) is 0 Å². The van der Waals surface area contributed by atoms with Gasteiger partial charge in [-0.05, 0) is 25.7 Å². The second-order valence-electron chi connectivity index (χ2n) is 4.18. The van der Waals surface area contributed by atoms with Gasteiger partial charge in [0.2, 0.25) is 5.91 Å². The lowest BCUT2D eigenvalue weighted by Gasteiger charge is -2.21. The quantitative estimate of drug-likeness (QED) is 0.547. The molecule has 0 radical (unpaired) electrons. The van der Waals surface area contributed by atoms with E-state index in [4.69, 9.17) is 0 Å². The minimum atomic E-state index is 0.313. The topological polar surface area (TPSA) is 20.3 Å². The maximum Gasteiger partial charge on any atom is 0.222 e. The van der Waals surface area contributed by atoms with E-state index in [0.29, 0.717) is 12.3 Å². The Kier molecular flexibility index (Phi) is 10.2. The Morgan fingerprint density at radius 2 is 1.62 bits per heavy atom.